The van der Waals surface area contributed by atoms with Gasteiger partial charge in [0.05, 0.1) is 17.0 Å². The molecule has 3 rings (SSSR count). The van der Waals surface area contributed by atoms with Crippen molar-refractivity contribution in [3.05, 3.63) is 89.5 Å². The predicted molar refractivity (Wildman–Crippen MR) is 292 cm³/mol. The van der Waals surface area contributed by atoms with Crippen LogP contribution >= 0.6 is 0 Å². The van der Waals surface area contributed by atoms with Gasteiger partial charge in [-0.25, -0.2) is 17.9 Å². The molecule has 0 radical (unpaired) electrons. The largest absolute Gasteiger partial charge is 0.352 e. The molecule has 0 spiro atoms. The molecule has 2 unspecified atom stereocenters. The zero-order valence-electron chi connectivity index (χ0n) is 46.7. The number of hydrogen-bond acceptors (Lipinski definition) is 12. The zero-order chi connectivity index (χ0) is 58.0. The molecule has 0 aliphatic carbocycles. The van der Waals surface area contributed by atoms with E-state index in [9.17, 15) is 51.6 Å². The van der Waals surface area contributed by atoms with Crippen molar-refractivity contribution in [3.8, 4) is 0 Å². The van der Waals surface area contributed by atoms with Gasteiger partial charge in [0.1, 0.15) is 18.1 Å². The Kier molecular flexibility index (Phi) is 24.2. The molecule has 2 aromatic rings. The molecular weight excluding hydrogens is 1010 g/mol. The summed E-state index contributed by atoms with van der Waals surface area (Å²) < 4.78 is 29.2. The number of unbranched alkanes of at least 4 members (excludes halogenated alkanes) is 2. The molecule has 0 aromatic heterocycles. The highest BCUT2D eigenvalue weighted by atomic mass is 32.2. The summed E-state index contributed by atoms with van der Waals surface area (Å²) in [5.41, 5.74) is 5.24. The molecule has 1 heterocycles. The Bertz CT molecular complexity index is 2580. The van der Waals surface area contributed by atoms with Gasteiger partial charge in [0.25, 0.3) is 27.7 Å². The van der Waals surface area contributed by atoms with Crippen LogP contribution < -0.4 is 42.4 Å². The first-order chi connectivity index (χ1) is 35.9. The molecule has 5 atom stereocenters. The number of imide groups is 1. The van der Waals surface area contributed by atoms with Gasteiger partial charge in [0, 0.05) is 56.2 Å². The number of rotatable bonds is 29. The third-order valence-electron chi connectivity index (χ3n) is 13.4. The van der Waals surface area contributed by atoms with E-state index in [0.717, 1.165) is 10.5 Å². The molecule has 0 bridgehead atoms. The van der Waals surface area contributed by atoms with E-state index in [1.165, 1.54) is 54.3 Å². The maximum Gasteiger partial charge on any atom is 0.312 e. The normalized spacial score (nSPS) is 15.0. The van der Waals surface area contributed by atoms with Gasteiger partial charge >= 0.3 is 6.03 Å². The molecule has 0 saturated heterocycles. The summed E-state index contributed by atoms with van der Waals surface area (Å²) in [6, 6.07) is 9.74. The first-order valence-corrected chi connectivity index (χ1v) is 27.5. The number of amides is 10. The van der Waals surface area contributed by atoms with Crippen LogP contribution in [0.4, 0.5) is 4.79 Å². The predicted octanol–water partition coefficient (Wildman–Crippen LogP) is 3.19. The third-order valence-corrected chi connectivity index (χ3v) is 14.8. The van der Waals surface area contributed by atoms with Crippen molar-refractivity contribution >= 4 is 63.3 Å². The van der Waals surface area contributed by atoms with Crippen LogP contribution in [0.25, 0.3) is 0 Å². The molecule has 77 heavy (non-hydrogen) atoms. The van der Waals surface area contributed by atoms with Gasteiger partial charge in [-0.3, -0.25) is 43.3 Å². The fourth-order valence-corrected chi connectivity index (χ4v) is 9.75. The van der Waals surface area contributed by atoms with Crippen LogP contribution in [0.5, 0.6) is 0 Å². The third kappa shape index (κ3) is 19.2. The van der Waals surface area contributed by atoms with Crippen molar-refractivity contribution in [3.63, 3.8) is 0 Å². The van der Waals surface area contributed by atoms with Crippen LogP contribution in [0.1, 0.15) is 119 Å². The Morgan fingerprint density at radius 2 is 1.35 bits per heavy atom. The smallest absolute Gasteiger partial charge is 0.312 e. The Hall–Kier alpha value is -6.94. The zero-order valence-corrected chi connectivity index (χ0v) is 47.5. The molecule has 0 saturated carbocycles. The highest BCUT2D eigenvalue weighted by molar-refractivity contribution is 7.90. The van der Waals surface area contributed by atoms with Crippen LogP contribution in [0.3, 0.4) is 0 Å². The maximum atomic E-state index is 14.4. The highest BCUT2D eigenvalue weighted by Gasteiger charge is 2.42. The van der Waals surface area contributed by atoms with Gasteiger partial charge in [-0.05, 0) is 80.2 Å². The van der Waals surface area contributed by atoms with Crippen molar-refractivity contribution < 1.29 is 51.6 Å². The van der Waals surface area contributed by atoms with E-state index in [-0.39, 0.29) is 78.9 Å². The average molecular weight is 1090 g/mol. The van der Waals surface area contributed by atoms with Crippen molar-refractivity contribution in [1.82, 2.24) is 46.4 Å². The fourth-order valence-electron chi connectivity index (χ4n) is 8.73. The number of hydrogen-bond donors (Lipinski definition) is 8. The van der Waals surface area contributed by atoms with Crippen LogP contribution in [0.15, 0.2) is 83.3 Å². The molecule has 9 N–H and O–H groups in total. The minimum Gasteiger partial charge on any atom is -0.352 e. The number of urea groups is 1. The van der Waals surface area contributed by atoms with E-state index < -0.39 is 86.6 Å². The second-order valence-electron chi connectivity index (χ2n) is 21.7. The second-order valence-corrected chi connectivity index (χ2v) is 23.4. The van der Waals surface area contributed by atoms with Crippen LogP contribution in [-0.4, -0.2) is 129 Å². The standard InChI is InChI=1S/C55H82N10O11S/c1-34(2)41(64(12)52(73)47(54(6,7)8)62-51(72)46(57-11)55(9,10)38-20-15-13-16-21-38)32-36(5)48(69)63-77(75,76)39-26-24-37(25-27-39)33-59-49(70)40(22-19-30-58-53(56)74)60-50(71)45(35(3)4)61-42(66)23-17-14-18-31-65-43(67)28-29-44(65)68/h13,15-16,20-21,24-29,32,34-35,40-41,45-47,57H,14,17-19,22-23,30-31,33H2,1-12H3,(H,59,70)(H,60,71)(H,61,66)(H,62,72)(H,63,69)(H3,56,58,74)/b36-32+/t40-,41+,45?,46+,47?/m0/s1. The number of sulfonamides is 1. The van der Waals surface area contributed by atoms with E-state index in [4.69, 9.17) is 5.73 Å². The lowest BCUT2D eigenvalue weighted by Crippen LogP contribution is -2.61. The molecule has 2 aromatic carbocycles. The summed E-state index contributed by atoms with van der Waals surface area (Å²) in [7, 11) is -1.16. The number of carbonyl (C=O) groups excluding carboxylic acids is 9. The summed E-state index contributed by atoms with van der Waals surface area (Å²) in [6.45, 7) is 18.3. The summed E-state index contributed by atoms with van der Waals surface area (Å²) in [5.74, 6) is -4.69. The Balaban J connectivity index is 1.67. The Labute approximate surface area is 454 Å². The summed E-state index contributed by atoms with van der Waals surface area (Å²) in [4.78, 5) is 119. The molecule has 1 aliphatic heterocycles. The number of nitrogens with two attached hydrogens (primary N) is 1. The van der Waals surface area contributed by atoms with Crippen molar-refractivity contribution in [1.29, 1.82) is 0 Å². The van der Waals surface area contributed by atoms with Crippen LogP contribution in [0.2, 0.25) is 0 Å². The van der Waals surface area contributed by atoms with Gasteiger partial charge in [0.2, 0.25) is 29.5 Å². The molecule has 424 valence electrons. The van der Waals surface area contributed by atoms with Crippen molar-refractivity contribution in [2.45, 2.75) is 155 Å². The first kappa shape index (κ1) is 64.3. The monoisotopic (exact) mass is 1090 g/mol. The van der Waals surface area contributed by atoms with E-state index in [2.05, 4.69) is 36.6 Å². The molecule has 21 nitrogen and oxygen atoms in total. The maximum absolute atomic E-state index is 14.4. The van der Waals surface area contributed by atoms with Gasteiger partial charge in [-0.15, -0.1) is 0 Å². The number of nitrogens with zero attached hydrogens (tertiary/aromatic N) is 2. The van der Waals surface area contributed by atoms with Gasteiger partial charge in [-0.2, -0.15) is 0 Å². The Morgan fingerprint density at radius 3 is 1.90 bits per heavy atom. The number of benzene rings is 2. The Morgan fingerprint density at radius 1 is 0.740 bits per heavy atom. The minimum absolute atomic E-state index is 0.0226. The lowest BCUT2D eigenvalue weighted by Gasteiger charge is -2.40. The quantitative estimate of drug-likeness (QED) is 0.0331. The number of nitrogens with one attached hydrogen (secondary N) is 7. The van der Waals surface area contributed by atoms with Gasteiger partial charge in [0.15, 0.2) is 0 Å². The fraction of sp³-hybridized carbons (Fsp3) is 0.545. The van der Waals surface area contributed by atoms with E-state index in [1.807, 2.05) is 78.8 Å². The second kappa shape index (κ2) is 29.0. The van der Waals surface area contributed by atoms with Crippen molar-refractivity contribution in [2.24, 2.45) is 23.0 Å². The number of primary amides is 1. The SMILES string of the molecule is CN[C@H](C(=O)NC(C(=O)N(C)[C@H](/C=C(\C)C(=O)NS(=O)(=O)c1ccc(CNC(=O)[C@H](CCCNC(N)=O)NC(=O)C(NC(=O)CCCCCN2C(=O)C=CC2=O)C(C)C)cc1)C(C)C)C(C)(C)C)C(C)(C)c1ccccc1. The van der Waals surface area contributed by atoms with Crippen LogP contribution in [-0.2, 0) is 60.3 Å². The number of carbonyl (C=O) groups is 9. The highest BCUT2D eigenvalue weighted by Crippen LogP contribution is 2.29. The minimum atomic E-state index is -4.42. The molecule has 1 aliphatic rings. The number of likely N-dealkylation sites (N-methyl/N-ethyl adjacent to an activating group) is 2. The topological polar surface area (TPSA) is 304 Å². The molecular formula is C55H82N10O11S. The average Bonchev–Trinajstić information content (AvgIpc) is 3.68. The van der Waals surface area contributed by atoms with E-state index in [0.29, 0.717) is 24.8 Å². The van der Waals surface area contributed by atoms with Crippen molar-refractivity contribution in [2.75, 3.05) is 27.2 Å². The lowest BCUT2D eigenvalue weighted by atomic mass is 9.76. The molecule has 10 amide bonds. The first-order valence-electron chi connectivity index (χ1n) is 26.0. The molecule has 22 heteroatoms. The van der Waals surface area contributed by atoms with E-state index >= 15 is 0 Å². The van der Waals surface area contributed by atoms with Crippen LogP contribution in [0, 0.1) is 17.3 Å². The van der Waals surface area contributed by atoms with Gasteiger partial charge < -0.3 is 42.5 Å². The summed E-state index contributed by atoms with van der Waals surface area (Å²) in [5, 5.41) is 16.8. The summed E-state index contributed by atoms with van der Waals surface area (Å²) in [6.07, 6.45) is 5.84. The molecule has 0 fully saturated rings. The summed E-state index contributed by atoms with van der Waals surface area (Å²) >= 11 is 0. The lowest BCUT2D eigenvalue weighted by molar-refractivity contribution is -0.141. The van der Waals surface area contributed by atoms with E-state index in [1.54, 1.807) is 27.9 Å². The van der Waals surface area contributed by atoms with Gasteiger partial charge in [-0.1, -0.05) is 117 Å².